The Bertz CT molecular complexity index is 1100. The van der Waals surface area contributed by atoms with Crippen molar-refractivity contribution >= 4 is 38.9 Å². The maximum atomic E-state index is 13.4. The Labute approximate surface area is 206 Å². The van der Waals surface area contributed by atoms with Crippen LogP contribution in [0.1, 0.15) is 64.3 Å². The molecule has 1 saturated heterocycles. The van der Waals surface area contributed by atoms with Crippen LogP contribution in [0.25, 0.3) is 0 Å². The van der Waals surface area contributed by atoms with Crippen molar-refractivity contribution in [3.05, 3.63) is 69.7 Å². The van der Waals surface area contributed by atoms with Gasteiger partial charge in [-0.2, -0.15) is 0 Å². The summed E-state index contributed by atoms with van der Waals surface area (Å²) >= 11 is 12.4. The molecule has 3 rings (SSSR count). The highest BCUT2D eigenvalue weighted by atomic mass is 35.5. The van der Waals surface area contributed by atoms with Crippen LogP contribution < -0.4 is 0 Å². The molecule has 0 radical (unpaired) electrons. The van der Waals surface area contributed by atoms with E-state index in [2.05, 4.69) is 0 Å². The molecule has 5 nitrogen and oxygen atoms in total. The lowest BCUT2D eigenvalue weighted by molar-refractivity contribution is -0.163. The maximum Gasteiger partial charge on any atom is 0.249 e. The minimum Gasteiger partial charge on any atom is -0.361 e. The van der Waals surface area contributed by atoms with Crippen LogP contribution in [0.4, 0.5) is 0 Å². The van der Waals surface area contributed by atoms with Gasteiger partial charge in [-0.3, -0.25) is 4.79 Å². The minimum absolute atomic E-state index is 0.139. The number of carbonyl (C=O) groups is 1. The van der Waals surface area contributed by atoms with Gasteiger partial charge in [-0.25, -0.2) is 8.42 Å². The van der Waals surface area contributed by atoms with Crippen molar-refractivity contribution in [1.29, 1.82) is 0 Å². The van der Waals surface area contributed by atoms with E-state index in [1.165, 1.54) is 0 Å². The Balaban J connectivity index is 2.16. The molecule has 2 aromatic carbocycles. The molecule has 2 aromatic rings. The third-order valence-electron chi connectivity index (χ3n) is 6.31. The quantitative estimate of drug-likeness (QED) is 0.475. The molecule has 1 aliphatic rings. The molecule has 8 heteroatoms. The van der Waals surface area contributed by atoms with E-state index in [-0.39, 0.29) is 12.5 Å². The minimum atomic E-state index is -3.54. The summed E-state index contributed by atoms with van der Waals surface area (Å²) in [7, 11) is -3.54. The lowest BCUT2D eigenvalue weighted by Gasteiger charge is -2.47. The lowest BCUT2D eigenvalue weighted by atomic mass is 9.90. The van der Waals surface area contributed by atoms with Gasteiger partial charge in [0.1, 0.15) is 12.7 Å². The normalized spacial score (nSPS) is 21.7. The summed E-state index contributed by atoms with van der Waals surface area (Å²) in [4.78, 5) is 15.0. The average molecular weight is 512 g/mol. The number of halogens is 2. The van der Waals surface area contributed by atoms with E-state index in [1.807, 2.05) is 37.3 Å². The van der Waals surface area contributed by atoms with Crippen molar-refractivity contribution in [1.82, 2.24) is 4.90 Å². The third-order valence-corrected chi connectivity index (χ3v) is 9.80. The summed E-state index contributed by atoms with van der Waals surface area (Å²) in [5.74, 6) is -0.240. The number of morpholine rings is 1. The van der Waals surface area contributed by atoms with Crippen molar-refractivity contribution in [3.63, 3.8) is 0 Å². The lowest BCUT2D eigenvalue weighted by Crippen LogP contribution is -2.56. The summed E-state index contributed by atoms with van der Waals surface area (Å²) < 4.78 is 31.9. The van der Waals surface area contributed by atoms with Crippen LogP contribution in [0.5, 0.6) is 0 Å². The molecule has 4 atom stereocenters. The summed E-state index contributed by atoms with van der Waals surface area (Å²) in [5.41, 5.74) is 1.64. The van der Waals surface area contributed by atoms with Gasteiger partial charge < -0.3 is 9.64 Å². The van der Waals surface area contributed by atoms with Gasteiger partial charge in [-0.15, -0.1) is 0 Å². The molecule has 0 saturated carbocycles. The van der Waals surface area contributed by atoms with E-state index < -0.39 is 38.0 Å². The zero-order chi connectivity index (χ0) is 24.6. The van der Waals surface area contributed by atoms with Crippen LogP contribution in [0, 0.1) is 0 Å². The molecular weight excluding hydrogens is 481 g/mol. The summed E-state index contributed by atoms with van der Waals surface area (Å²) in [6.45, 7) is 8.55. The maximum absolute atomic E-state index is 13.4. The molecule has 0 spiro atoms. The average Bonchev–Trinajstić information content (AvgIpc) is 2.75. The van der Waals surface area contributed by atoms with E-state index >= 15 is 0 Å². The standard InChI is InChI=1S/C25H31Cl2NO4S/c1-6-21(16(2)33(30,31)25(3,4)5)28-22(29)15-32-24(18-8-7-9-20(27)14-18)23(28)17-10-12-19(26)13-11-17/h7-14,16,21,23-24H,6,15H2,1-5H3/t16-,21+,23-,24-/m1/s1. The van der Waals surface area contributed by atoms with Gasteiger partial charge in [0.05, 0.1) is 16.0 Å². The first-order valence-electron chi connectivity index (χ1n) is 11.1. The molecule has 0 aliphatic carbocycles. The van der Waals surface area contributed by atoms with Crippen molar-refractivity contribution in [2.45, 2.75) is 69.2 Å². The molecule has 0 N–H and O–H groups in total. The van der Waals surface area contributed by atoms with E-state index in [1.54, 1.807) is 50.8 Å². The molecule has 1 fully saturated rings. The van der Waals surface area contributed by atoms with Crippen LogP contribution in [0.3, 0.4) is 0 Å². The van der Waals surface area contributed by atoms with Crippen molar-refractivity contribution in [3.8, 4) is 0 Å². The highest BCUT2D eigenvalue weighted by molar-refractivity contribution is 7.93. The fraction of sp³-hybridized carbons (Fsp3) is 0.480. The Morgan fingerprint density at radius 1 is 1.06 bits per heavy atom. The SMILES string of the molecule is CC[C@@H]([C@@H](C)S(=O)(=O)C(C)(C)C)N1C(=O)CO[C@H](c2cccc(Cl)c2)[C@H]1c1ccc(Cl)cc1. The summed E-state index contributed by atoms with van der Waals surface area (Å²) in [6, 6.07) is 13.5. The molecular formula is C25H31Cl2NO4S. The predicted molar refractivity (Wildman–Crippen MR) is 133 cm³/mol. The summed E-state index contributed by atoms with van der Waals surface area (Å²) in [6.07, 6.45) is -0.0321. The first-order chi connectivity index (χ1) is 15.4. The van der Waals surface area contributed by atoms with E-state index in [9.17, 15) is 13.2 Å². The largest absolute Gasteiger partial charge is 0.361 e. The fourth-order valence-corrected chi connectivity index (χ4v) is 6.67. The Morgan fingerprint density at radius 2 is 1.70 bits per heavy atom. The van der Waals surface area contributed by atoms with Crippen LogP contribution in [0.15, 0.2) is 48.5 Å². The molecule has 1 heterocycles. The highest BCUT2D eigenvalue weighted by Gasteiger charge is 2.47. The molecule has 1 amide bonds. The number of hydrogen-bond donors (Lipinski definition) is 0. The van der Waals surface area contributed by atoms with Crippen LogP contribution in [-0.4, -0.2) is 41.9 Å². The topological polar surface area (TPSA) is 63.7 Å². The monoisotopic (exact) mass is 511 g/mol. The van der Waals surface area contributed by atoms with Crippen molar-refractivity contribution < 1.29 is 17.9 Å². The number of rotatable bonds is 6. The second kappa shape index (κ2) is 9.95. The van der Waals surface area contributed by atoms with Gasteiger partial charge in [-0.1, -0.05) is 54.4 Å². The number of ether oxygens (including phenoxy) is 1. The van der Waals surface area contributed by atoms with Crippen molar-refractivity contribution in [2.24, 2.45) is 0 Å². The Morgan fingerprint density at radius 3 is 2.24 bits per heavy atom. The van der Waals surface area contributed by atoms with Crippen LogP contribution in [0.2, 0.25) is 10.0 Å². The second-order valence-corrected chi connectivity index (χ2v) is 13.4. The van der Waals surface area contributed by atoms with E-state index in [0.717, 1.165) is 11.1 Å². The first-order valence-corrected chi connectivity index (χ1v) is 13.4. The van der Waals surface area contributed by atoms with Crippen LogP contribution in [-0.2, 0) is 19.4 Å². The van der Waals surface area contributed by atoms with Gasteiger partial charge >= 0.3 is 0 Å². The van der Waals surface area contributed by atoms with E-state index in [4.69, 9.17) is 27.9 Å². The molecule has 0 unspecified atom stereocenters. The van der Waals surface area contributed by atoms with Crippen LogP contribution >= 0.6 is 23.2 Å². The fourth-order valence-electron chi connectivity index (χ4n) is 4.50. The van der Waals surface area contributed by atoms with Gasteiger partial charge in [-0.05, 0) is 69.5 Å². The number of amides is 1. The zero-order valence-corrected chi connectivity index (χ0v) is 21.9. The highest BCUT2D eigenvalue weighted by Crippen LogP contribution is 2.43. The molecule has 1 aliphatic heterocycles. The zero-order valence-electron chi connectivity index (χ0n) is 19.6. The second-order valence-electron chi connectivity index (χ2n) is 9.42. The predicted octanol–water partition coefficient (Wildman–Crippen LogP) is 6.02. The Kier molecular flexibility index (Phi) is 7.84. The first kappa shape index (κ1) is 26.0. The number of nitrogens with zero attached hydrogens (tertiary/aromatic N) is 1. The third kappa shape index (κ3) is 5.24. The molecule has 0 aromatic heterocycles. The van der Waals surface area contributed by atoms with Gasteiger partial charge in [0.15, 0.2) is 9.84 Å². The Hall–Kier alpha value is -1.60. The van der Waals surface area contributed by atoms with Gasteiger partial charge in [0, 0.05) is 16.1 Å². The van der Waals surface area contributed by atoms with Gasteiger partial charge in [0.2, 0.25) is 5.91 Å². The molecule has 33 heavy (non-hydrogen) atoms. The van der Waals surface area contributed by atoms with E-state index in [0.29, 0.717) is 16.5 Å². The number of carbonyl (C=O) groups excluding carboxylic acids is 1. The molecule has 0 bridgehead atoms. The van der Waals surface area contributed by atoms with Crippen molar-refractivity contribution in [2.75, 3.05) is 6.61 Å². The number of benzene rings is 2. The summed E-state index contributed by atoms with van der Waals surface area (Å²) in [5, 5.41) is 0.368. The number of sulfone groups is 1. The molecule has 180 valence electrons. The van der Waals surface area contributed by atoms with Gasteiger partial charge in [0.25, 0.3) is 0 Å². The number of hydrogen-bond acceptors (Lipinski definition) is 4. The smallest absolute Gasteiger partial charge is 0.249 e.